The molecular formula is C13H11IN4O. The average Bonchev–Trinajstić information content (AvgIpc) is 2.37. The van der Waals surface area contributed by atoms with Gasteiger partial charge in [0.2, 0.25) is 5.88 Å². The monoisotopic (exact) mass is 366 g/mol. The molecule has 0 aliphatic heterocycles. The second-order valence-corrected chi connectivity index (χ2v) is 5.13. The molecule has 1 aromatic carbocycles. The lowest BCUT2D eigenvalue weighted by atomic mass is 10.2. The molecule has 0 saturated carbocycles. The van der Waals surface area contributed by atoms with Gasteiger partial charge in [-0.3, -0.25) is 4.98 Å². The molecule has 0 atom stereocenters. The van der Waals surface area contributed by atoms with Crippen molar-refractivity contribution < 1.29 is 4.74 Å². The highest BCUT2D eigenvalue weighted by molar-refractivity contribution is 14.1. The zero-order valence-electron chi connectivity index (χ0n) is 10.4. The van der Waals surface area contributed by atoms with Crippen LogP contribution >= 0.6 is 22.6 Å². The van der Waals surface area contributed by atoms with Crippen molar-refractivity contribution in [3.05, 3.63) is 38.9 Å². The second kappa shape index (κ2) is 5.40. The molecule has 2 rings (SSSR count). The summed E-state index contributed by atoms with van der Waals surface area (Å²) >= 11 is 2.07. The summed E-state index contributed by atoms with van der Waals surface area (Å²) in [7, 11) is 0. The molecule has 0 unspecified atom stereocenters. The number of nitrogens with two attached hydrogens (primary N) is 1. The predicted molar refractivity (Wildman–Crippen MR) is 79.9 cm³/mol. The molecule has 2 aromatic rings. The van der Waals surface area contributed by atoms with Crippen molar-refractivity contribution in [3.8, 4) is 17.7 Å². The molecule has 1 aromatic heterocycles. The lowest BCUT2D eigenvalue weighted by molar-refractivity contribution is 0.457. The highest BCUT2D eigenvalue weighted by Crippen LogP contribution is 2.32. The van der Waals surface area contributed by atoms with Gasteiger partial charge in [0.25, 0.3) is 0 Å². The van der Waals surface area contributed by atoms with Gasteiger partial charge in [-0.05, 0) is 48.6 Å². The average molecular weight is 366 g/mol. The normalized spacial score (nSPS) is 10.0. The third kappa shape index (κ3) is 2.93. The highest BCUT2D eigenvalue weighted by atomic mass is 127. The fourth-order valence-electron chi connectivity index (χ4n) is 1.46. The minimum Gasteiger partial charge on any atom is -0.434 e. The summed E-state index contributed by atoms with van der Waals surface area (Å²) in [6, 6.07) is 5.33. The molecule has 0 aliphatic rings. The molecule has 19 heavy (non-hydrogen) atoms. The molecule has 0 saturated heterocycles. The van der Waals surface area contributed by atoms with E-state index < -0.39 is 0 Å². The van der Waals surface area contributed by atoms with Gasteiger partial charge in [0, 0.05) is 0 Å². The Morgan fingerprint density at radius 1 is 1.32 bits per heavy atom. The maximum absolute atomic E-state index is 8.86. The van der Waals surface area contributed by atoms with E-state index in [1.165, 1.54) is 0 Å². The maximum atomic E-state index is 8.86. The molecule has 96 valence electrons. The van der Waals surface area contributed by atoms with Gasteiger partial charge in [-0.15, -0.1) is 0 Å². The van der Waals surface area contributed by atoms with Crippen LogP contribution in [0.1, 0.15) is 17.0 Å². The molecule has 0 spiro atoms. The lowest BCUT2D eigenvalue weighted by Crippen LogP contribution is -1.99. The molecule has 2 N–H and O–H groups in total. The number of anilines is 1. The maximum Gasteiger partial charge on any atom is 0.238 e. The van der Waals surface area contributed by atoms with E-state index in [4.69, 9.17) is 15.7 Å². The van der Waals surface area contributed by atoms with Crippen LogP contribution in [0.15, 0.2) is 18.3 Å². The van der Waals surface area contributed by atoms with Crippen molar-refractivity contribution in [1.82, 2.24) is 9.97 Å². The Kier molecular flexibility index (Phi) is 3.85. The van der Waals surface area contributed by atoms with Crippen LogP contribution in [0.5, 0.6) is 11.6 Å². The molecule has 6 heteroatoms. The number of hydrogen-bond donors (Lipinski definition) is 1. The smallest absolute Gasteiger partial charge is 0.238 e. The number of ether oxygens (including phenoxy) is 1. The van der Waals surface area contributed by atoms with E-state index in [0.29, 0.717) is 22.9 Å². The third-order valence-corrected chi connectivity index (χ3v) is 3.38. The van der Waals surface area contributed by atoms with E-state index in [9.17, 15) is 0 Å². The Morgan fingerprint density at radius 3 is 2.63 bits per heavy atom. The minimum absolute atomic E-state index is 0.387. The number of nitriles is 1. The van der Waals surface area contributed by atoms with Gasteiger partial charge >= 0.3 is 0 Å². The van der Waals surface area contributed by atoms with Crippen molar-refractivity contribution in [1.29, 1.82) is 5.26 Å². The summed E-state index contributed by atoms with van der Waals surface area (Å²) in [5, 5.41) is 8.86. The summed E-state index contributed by atoms with van der Waals surface area (Å²) in [6.45, 7) is 3.74. The van der Waals surface area contributed by atoms with Crippen LogP contribution in [0, 0.1) is 28.7 Å². The quantitative estimate of drug-likeness (QED) is 0.653. The van der Waals surface area contributed by atoms with Crippen molar-refractivity contribution in [2.45, 2.75) is 13.8 Å². The van der Waals surface area contributed by atoms with E-state index in [1.54, 1.807) is 18.3 Å². The van der Waals surface area contributed by atoms with Crippen LogP contribution < -0.4 is 10.5 Å². The van der Waals surface area contributed by atoms with Crippen LogP contribution in [0.3, 0.4) is 0 Å². The standard InChI is InChI=1S/C13H11IN4O/c1-7-8(2)18-12(6-17-7)19-13-10(14)3-9(5-15)4-11(13)16/h3-4,6H,16H2,1-2H3. The molecular weight excluding hydrogens is 355 g/mol. The third-order valence-electron chi connectivity index (χ3n) is 2.58. The van der Waals surface area contributed by atoms with Gasteiger partial charge in [0.15, 0.2) is 5.75 Å². The van der Waals surface area contributed by atoms with Crippen LogP contribution in [-0.2, 0) is 0 Å². The molecule has 0 fully saturated rings. The van der Waals surface area contributed by atoms with E-state index in [0.717, 1.165) is 15.0 Å². The number of halogens is 1. The molecule has 0 aliphatic carbocycles. The number of nitrogen functional groups attached to an aromatic ring is 1. The first-order valence-electron chi connectivity index (χ1n) is 5.48. The number of aromatic nitrogens is 2. The number of aryl methyl sites for hydroxylation is 2. The predicted octanol–water partition coefficient (Wildman–Crippen LogP) is 2.94. The van der Waals surface area contributed by atoms with Gasteiger partial charge in [-0.1, -0.05) is 0 Å². The first kappa shape index (κ1) is 13.5. The molecule has 1 heterocycles. The van der Waals surface area contributed by atoms with Crippen molar-refractivity contribution in [2.75, 3.05) is 5.73 Å². The van der Waals surface area contributed by atoms with Gasteiger partial charge in [-0.25, -0.2) is 4.98 Å². The van der Waals surface area contributed by atoms with E-state index in [-0.39, 0.29) is 0 Å². The summed E-state index contributed by atoms with van der Waals surface area (Å²) in [4.78, 5) is 8.47. The fourth-order valence-corrected chi connectivity index (χ4v) is 2.22. The first-order valence-corrected chi connectivity index (χ1v) is 6.56. The number of nitrogens with zero attached hydrogens (tertiary/aromatic N) is 3. The van der Waals surface area contributed by atoms with Gasteiger partial charge in [-0.2, -0.15) is 5.26 Å². The van der Waals surface area contributed by atoms with Gasteiger partial charge < -0.3 is 10.5 Å². The van der Waals surface area contributed by atoms with Crippen LogP contribution in [0.25, 0.3) is 0 Å². The fraction of sp³-hybridized carbons (Fsp3) is 0.154. The summed E-state index contributed by atoms with van der Waals surface area (Å²) in [5.74, 6) is 0.884. The van der Waals surface area contributed by atoms with Crippen LogP contribution in [0.2, 0.25) is 0 Å². The number of hydrogen-bond acceptors (Lipinski definition) is 5. The van der Waals surface area contributed by atoms with E-state index in [2.05, 4.69) is 32.6 Å². The topological polar surface area (TPSA) is 84.8 Å². The van der Waals surface area contributed by atoms with Crippen LogP contribution in [0.4, 0.5) is 5.69 Å². The SMILES string of the molecule is Cc1ncc(Oc2c(N)cc(C#N)cc2I)nc1C. The van der Waals surface area contributed by atoms with Gasteiger partial charge in [0.05, 0.1) is 38.5 Å². The number of benzene rings is 1. The second-order valence-electron chi connectivity index (χ2n) is 3.97. The summed E-state index contributed by atoms with van der Waals surface area (Å²) in [5.41, 5.74) is 8.45. The molecule has 0 bridgehead atoms. The largest absolute Gasteiger partial charge is 0.434 e. The zero-order valence-corrected chi connectivity index (χ0v) is 12.6. The zero-order chi connectivity index (χ0) is 14.0. The van der Waals surface area contributed by atoms with Crippen molar-refractivity contribution >= 4 is 28.3 Å². The molecule has 5 nitrogen and oxygen atoms in total. The first-order chi connectivity index (χ1) is 9.01. The van der Waals surface area contributed by atoms with Crippen molar-refractivity contribution in [3.63, 3.8) is 0 Å². The Hall–Kier alpha value is -1.88. The minimum atomic E-state index is 0.387. The molecule has 0 amide bonds. The summed E-state index contributed by atoms with van der Waals surface area (Å²) < 4.78 is 6.42. The number of rotatable bonds is 2. The Bertz CT molecular complexity index is 656. The highest BCUT2D eigenvalue weighted by Gasteiger charge is 2.11. The van der Waals surface area contributed by atoms with Crippen molar-refractivity contribution in [2.24, 2.45) is 0 Å². The Labute approximate surface area is 124 Å². The van der Waals surface area contributed by atoms with E-state index >= 15 is 0 Å². The van der Waals surface area contributed by atoms with Crippen LogP contribution in [-0.4, -0.2) is 9.97 Å². The lowest BCUT2D eigenvalue weighted by Gasteiger charge is -2.10. The summed E-state index contributed by atoms with van der Waals surface area (Å²) in [6.07, 6.45) is 1.55. The van der Waals surface area contributed by atoms with Gasteiger partial charge in [0.1, 0.15) is 0 Å². The Balaban J connectivity index is 2.38. The molecule has 0 radical (unpaired) electrons. The van der Waals surface area contributed by atoms with E-state index in [1.807, 2.05) is 19.9 Å². The Morgan fingerprint density at radius 2 is 2.05 bits per heavy atom.